The summed E-state index contributed by atoms with van der Waals surface area (Å²) in [5.41, 5.74) is 1.10. The van der Waals surface area contributed by atoms with Gasteiger partial charge in [0, 0.05) is 19.4 Å². The highest BCUT2D eigenvalue weighted by atomic mass is 16.6. The van der Waals surface area contributed by atoms with E-state index in [-0.39, 0.29) is 17.5 Å². The van der Waals surface area contributed by atoms with Crippen LogP contribution in [0.5, 0.6) is 0 Å². The molecule has 8 heteroatoms. The van der Waals surface area contributed by atoms with Gasteiger partial charge < -0.3 is 10.6 Å². The topological polar surface area (TPSA) is 106 Å². The van der Waals surface area contributed by atoms with Crippen LogP contribution in [0.4, 0.5) is 17.5 Å². The van der Waals surface area contributed by atoms with Gasteiger partial charge in [0.25, 0.3) is 0 Å². The third kappa shape index (κ3) is 3.22. The van der Waals surface area contributed by atoms with Crippen LogP contribution in [0.2, 0.25) is 0 Å². The molecule has 8 nitrogen and oxygen atoms in total. The summed E-state index contributed by atoms with van der Waals surface area (Å²) in [5.74, 6) is 0.521. The first kappa shape index (κ1) is 14.6. The van der Waals surface area contributed by atoms with Crippen molar-refractivity contribution < 1.29 is 4.92 Å². The number of nitrogens with one attached hydrogen (secondary N) is 2. The Morgan fingerprint density at radius 1 is 1.38 bits per heavy atom. The zero-order valence-electron chi connectivity index (χ0n) is 12.0. The molecule has 0 aliphatic heterocycles. The molecular weight excluding hydrogens is 272 g/mol. The van der Waals surface area contributed by atoms with Crippen molar-refractivity contribution in [3.05, 3.63) is 45.9 Å². The summed E-state index contributed by atoms with van der Waals surface area (Å²) < 4.78 is 0. The highest BCUT2D eigenvalue weighted by Crippen LogP contribution is 2.29. The molecule has 0 spiro atoms. The van der Waals surface area contributed by atoms with Crippen molar-refractivity contribution in [1.29, 1.82) is 0 Å². The van der Waals surface area contributed by atoms with Crippen LogP contribution in [-0.2, 0) is 0 Å². The predicted octanol–water partition coefficient (Wildman–Crippen LogP) is 2.30. The highest BCUT2D eigenvalue weighted by molar-refractivity contribution is 5.61. The maximum Gasteiger partial charge on any atom is 0.332 e. The molecule has 0 aliphatic carbocycles. The standard InChI is InChI=1S/C13H16N6O2/c1-8(10-5-4-6-15-7-10)16-12-11(19(20)21)9(2)17-13(14-3)18-12/h4-8H,1-3H3,(H2,14,16,17,18). The molecule has 2 heterocycles. The number of anilines is 2. The van der Waals surface area contributed by atoms with Crippen LogP contribution in [0.25, 0.3) is 0 Å². The van der Waals surface area contributed by atoms with Crippen molar-refractivity contribution in [2.75, 3.05) is 17.7 Å². The summed E-state index contributed by atoms with van der Waals surface area (Å²) in [5, 5.41) is 17.1. The van der Waals surface area contributed by atoms with E-state index in [1.807, 2.05) is 19.1 Å². The van der Waals surface area contributed by atoms with Crippen molar-refractivity contribution in [1.82, 2.24) is 15.0 Å². The molecule has 0 saturated carbocycles. The van der Waals surface area contributed by atoms with Gasteiger partial charge in [0.2, 0.25) is 11.8 Å². The first-order valence-electron chi connectivity index (χ1n) is 6.40. The van der Waals surface area contributed by atoms with Gasteiger partial charge >= 0.3 is 5.69 Å². The van der Waals surface area contributed by atoms with E-state index in [4.69, 9.17) is 0 Å². The van der Waals surface area contributed by atoms with Crippen LogP contribution >= 0.6 is 0 Å². The number of pyridine rings is 1. The number of rotatable bonds is 5. The minimum atomic E-state index is -0.479. The molecule has 0 aromatic carbocycles. The third-order valence-electron chi connectivity index (χ3n) is 3.00. The van der Waals surface area contributed by atoms with Crippen LogP contribution in [0, 0.1) is 17.0 Å². The Hall–Kier alpha value is -2.77. The van der Waals surface area contributed by atoms with E-state index < -0.39 is 4.92 Å². The lowest BCUT2D eigenvalue weighted by molar-refractivity contribution is -0.385. The average Bonchev–Trinajstić information content (AvgIpc) is 2.47. The lowest BCUT2D eigenvalue weighted by Crippen LogP contribution is -2.13. The smallest absolute Gasteiger partial charge is 0.332 e. The number of aromatic nitrogens is 3. The lowest BCUT2D eigenvalue weighted by atomic mass is 10.1. The summed E-state index contributed by atoms with van der Waals surface area (Å²) in [7, 11) is 1.66. The van der Waals surface area contributed by atoms with Gasteiger partial charge in [0.1, 0.15) is 5.69 Å². The van der Waals surface area contributed by atoms with Crippen molar-refractivity contribution in [2.45, 2.75) is 19.9 Å². The molecule has 0 amide bonds. The second-order valence-electron chi connectivity index (χ2n) is 4.49. The Labute approximate surface area is 121 Å². The largest absolute Gasteiger partial charge is 0.358 e. The normalized spacial score (nSPS) is 11.8. The average molecular weight is 288 g/mol. The van der Waals surface area contributed by atoms with Gasteiger partial charge in [-0.15, -0.1) is 0 Å². The Morgan fingerprint density at radius 2 is 2.14 bits per heavy atom. The van der Waals surface area contributed by atoms with E-state index in [0.717, 1.165) is 5.56 Å². The second kappa shape index (κ2) is 6.12. The minimum Gasteiger partial charge on any atom is -0.358 e. The number of nitro groups is 1. The van der Waals surface area contributed by atoms with Crippen molar-refractivity contribution in [3.8, 4) is 0 Å². The second-order valence-corrected chi connectivity index (χ2v) is 4.49. The summed E-state index contributed by atoms with van der Waals surface area (Å²) in [6.45, 7) is 3.47. The Balaban J connectivity index is 2.38. The van der Waals surface area contributed by atoms with Crippen LogP contribution in [-0.4, -0.2) is 26.9 Å². The summed E-state index contributed by atoms with van der Waals surface area (Å²) in [6.07, 6.45) is 3.38. The molecule has 21 heavy (non-hydrogen) atoms. The van der Waals surface area contributed by atoms with E-state index in [1.165, 1.54) is 0 Å². The van der Waals surface area contributed by atoms with Crippen LogP contribution in [0.1, 0.15) is 24.2 Å². The summed E-state index contributed by atoms with van der Waals surface area (Å²) in [4.78, 5) is 23.0. The van der Waals surface area contributed by atoms with E-state index in [9.17, 15) is 10.1 Å². The summed E-state index contributed by atoms with van der Waals surface area (Å²) >= 11 is 0. The molecule has 0 radical (unpaired) electrons. The van der Waals surface area contributed by atoms with Gasteiger partial charge in [-0.1, -0.05) is 6.07 Å². The predicted molar refractivity (Wildman–Crippen MR) is 79.2 cm³/mol. The van der Waals surface area contributed by atoms with Crippen molar-refractivity contribution >= 4 is 17.5 Å². The van der Waals surface area contributed by atoms with E-state index in [2.05, 4.69) is 25.6 Å². The first-order valence-corrected chi connectivity index (χ1v) is 6.40. The van der Waals surface area contributed by atoms with Gasteiger partial charge in [0.15, 0.2) is 0 Å². The molecule has 0 aliphatic rings. The number of nitrogens with zero attached hydrogens (tertiary/aromatic N) is 4. The highest BCUT2D eigenvalue weighted by Gasteiger charge is 2.23. The van der Waals surface area contributed by atoms with Crippen LogP contribution in [0.15, 0.2) is 24.5 Å². The molecule has 0 bridgehead atoms. The van der Waals surface area contributed by atoms with Crippen LogP contribution < -0.4 is 10.6 Å². The molecule has 2 rings (SSSR count). The van der Waals surface area contributed by atoms with Gasteiger partial charge in [-0.3, -0.25) is 15.1 Å². The summed E-state index contributed by atoms with van der Waals surface area (Å²) in [6, 6.07) is 3.53. The molecule has 2 N–H and O–H groups in total. The Bertz CT molecular complexity index is 647. The zero-order chi connectivity index (χ0) is 15.4. The van der Waals surface area contributed by atoms with E-state index in [0.29, 0.717) is 11.6 Å². The van der Waals surface area contributed by atoms with Gasteiger partial charge in [-0.05, 0) is 25.5 Å². The fraction of sp³-hybridized carbons (Fsp3) is 0.308. The maximum absolute atomic E-state index is 11.2. The van der Waals surface area contributed by atoms with Crippen LogP contribution in [0.3, 0.4) is 0 Å². The SMILES string of the molecule is CNc1nc(C)c([N+](=O)[O-])c(NC(C)c2cccnc2)n1. The molecule has 1 unspecified atom stereocenters. The molecule has 2 aromatic heterocycles. The van der Waals surface area contributed by atoms with Crippen molar-refractivity contribution in [2.24, 2.45) is 0 Å². The zero-order valence-corrected chi connectivity index (χ0v) is 12.0. The van der Waals surface area contributed by atoms with Gasteiger partial charge in [-0.2, -0.15) is 4.98 Å². The fourth-order valence-corrected chi connectivity index (χ4v) is 1.92. The monoisotopic (exact) mass is 288 g/mol. The molecule has 110 valence electrons. The third-order valence-corrected chi connectivity index (χ3v) is 3.00. The van der Waals surface area contributed by atoms with E-state index in [1.54, 1.807) is 26.4 Å². The number of hydrogen-bond acceptors (Lipinski definition) is 7. The molecule has 2 aromatic rings. The van der Waals surface area contributed by atoms with Gasteiger partial charge in [-0.25, -0.2) is 4.98 Å². The quantitative estimate of drug-likeness (QED) is 0.642. The molecule has 0 fully saturated rings. The maximum atomic E-state index is 11.2. The fourth-order valence-electron chi connectivity index (χ4n) is 1.92. The van der Waals surface area contributed by atoms with Gasteiger partial charge in [0.05, 0.1) is 11.0 Å². The Morgan fingerprint density at radius 3 is 2.71 bits per heavy atom. The molecule has 0 saturated heterocycles. The number of aryl methyl sites for hydroxylation is 1. The minimum absolute atomic E-state index is 0.121. The molecular formula is C13H16N6O2. The lowest BCUT2D eigenvalue weighted by Gasteiger charge is -2.15. The Kier molecular flexibility index (Phi) is 4.27. The van der Waals surface area contributed by atoms with Crippen molar-refractivity contribution in [3.63, 3.8) is 0 Å². The number of hydrogen-bond donors (Lipinski definition) is 2. The molecule has 1 atom stereocenters. The first-order chi connectivity index (χ1) is 10.0. The van der Waals surface area contributed by atoms with E-state index >= 15 is 0 Å².